The molecule has 0 spiro atoms. The Morgan fingerprint density at radius 3 is 2.67 bits per heavy atom. The number of halogens is 3. The zero-order valence-corrected chi connectivity index (χ0v) is 11.4. The normalized spacial score (nSPS) is 10.4. The number of hydrogen-bond donors (Lipinski definition) is 1. The summed E-state index contributed by atoms with van der Waals surface area (Å²) in [5.74, 6) is -1.09. The molecule has 0 saturated heterocycles. The van der Waals surface area contributed by atoms with E-state index in [0.717, 1.165) is 0 Å². The predicted octanol–water partition coefficient (Wildman–Crippen LogP) is 4.01. The van der Waals surface area contributed by atoms with Gasteiger partial charge in [-0.15, -0.1) is 0 Å². The van der Waals surface area contributed by atoms with Gasteiger partial charge < -0.3 is 5.73 Å². The zero-order valence-electron chi connectivity index (χ0n) is 9.08. The van der Waals surface area contributed by atoms with Crippen molar-refractivity contribution < 1.29 is 9.18 Å². The molecule has 0 unspecified atom stereocenters. The molecule has 0 heterocycles. The fourth-order valence-corrected chi connectivity index (χ4v) is 2.22. The Labute approximate surface area is 117 Å². The van der Waals surface area contributed by atoms with E-state index in [1.807, 2.05) is 0 Å². The summed E-state index contributed by atoms with van der Waals surface area (Å²) >= 11 is 8.94. The summed E-state index contributed by atoms with van der Waals surface area (Å²) in [4.78, 5) is 11.2. The largest absolute Gasteiger partial charge is 0.366 e. The van der Waals surface area contributed by atoms with Gasteiger partial charge in [-0.25, -0.2) is 4.39 Å². The van der Waals surface area contributed by atoms with Crippen molar-refractivity contribution in [1.29, 1.82) is 0 Å². The summed E-state index contributed by atoms with van der Waals surface area (Å²) in [5, 5.41) is 0.0380. The van der Waals surface area contributed by atoms with Crippen molar-refractivity contribution in [3.63, 3.8) is 0 Å². The van der Waals surface area contributed by atoms with Gasteiger partial charge in [0.25, 0.3) is 0 Å². The fourth-order valence-electron chi connectivity index (χ4n) is 1.61. The first-order valence-electron chi connectivity index (χ1n) is 5.04. The number of carbonyl (C=O) groups is 1. The second-order valence-electron chi connectivity index (χ2n) is 3.66. The van der Waals surface area contributed by atoms with Gasteiger partial charge in [-0.1, -0.05) is 29.8 Å². The molecule has 18 heavy (non-hydrogen) atoms. The summed E-state index contributed by atoms with van der Waals surface area (Å²) in [6.45, 7) is 0. The highest BCUT2D eigenvalue weighted by molar-refractivity contribution is 9.10. The molecule has 92 valence electrons. The van der Waals surface area contributed by atoms with Crippen LogP contribution in [-0.2, 0) is 0 Å². The van der Waals surface area contributed by atoms with Crippen LogP contribution >= 0.6 is 27.5 Å². The minimum absolute atomic E-state index is 0.0380. The van der Waals surface area contributed by atoms with Crippen molar-refractivity contribution in [3.05, 3.63) is 57.3 Å². The quantitative estimate of drug-likeness (QED) is 0.889. The Morgan fingerprint density at radius 1 is 1.28 bits per heavy atom. The van der Waals surface area contributed by atoms with E-state index >= 15 is 0 Å². The minimum atomic E-state index is -0.578. The molecule has 5 heteroatoms. The molecule has 0 aromatic heterocycles. The lowest BCUT2D eigenvalue weighted by Crippen LogP contribution is -2.11. The molecule has 0 radical (unpaired) electrons. The van der Waals surface area contributed by atoms with Gasteiger partial charge in [0.2, 0.25) is 5.91 Å². The highest BCUT2D eigenvalue weighted by atomic mass is 79.9. The summed E-state index contributed by atoms with van der Waals surface area (Å²) in [6.07, 6.45) is 0. The van der Waals surface area contributed by atoms with E-state index in [1.165, 1.54) is 12.1 Å². The van der Waals surface area contributed by atoms with Gasteiger partial charge in [0.15, 0.2) is 0 Å². The van der Waals surface area contributed by atoms with Crippen molar-refractivity contribution in [2.24, 2.45) is 5.73 Å². The molecular formula is C13H8BrClFNO. The van der Waals surface area contributed by atoms with E-state index in [0.29, 0.717) is 21.2 Å². The van der Waals surface area contributed by atoms with Gasteiger partial charge in [0.05, 0.1) is 10.6 Å². The van der Waals surface area contributed by atoms with Gasteiger partial charge in [0, 0.05) is 10.0 Å². The molecule has 0 aliphatic rings. The first-order chi connectivity index (χ1) is 8.50. The van der Waals surface area contributed by atoms with Crippen LogP contribution in [0.4, 0.5) is 4.39 Å². The van der Waals surface area contributed by atoms with Crippen LogP contribution in [0.15, 0.2) is 40.9 Å². The Balaban J connectivity index is 2.62. The average Bonchev–Trinajstić information content (AvgIpc) is 2.33. The van der Waals surface area contributed by atoms with E-state index in [2.05, 4.69) is 15.9 Å². The van der Waals surface area contributed by atoms with Crippen LogP contribution in [0.25, 0.3) is 11.1 Å². The second kappa shape index (κ2) is 5.08. The van der Waals surface area contributed by atoms with Gasteiger partial charge in [-0.2, -0.15) is 0 Å². The maximum atomic E-state index is 13.9. The number of benzene rings is 2. The Morgan fingerprint density at radius 2 is 2.00 bits per heavy atom. The Kier molecular flexibility index (Phi) is 3.68. The monoisotopic (exact) mass is 327 g/mol. The molecule has 1 amide bonds. The number of nitrogens with two attached hydrogens (primary N) is 1. The van der Waals surface area contributed by atoms with Gasteiger partial charge in [0.1, 0.15) is 5.82 Å². The lowest BCUT2D eigenvalue weighted by molar-refractivity contribution is 0.0999. The number of rotatable bonds is 2. The van der Waals surface area contributed by atoms with E-state index in [9.17, 15) is 9.18 Å². The molecule has 2 nitrogen and oxygen atoms in total. The summed E-state index contributed by atoms with van der Waals surface area (Å²) in [6, 6.07) is 9.57. The zero-order chi connectivity index (χ0) is 13.3. The second-order valence-corrected chi connectivity index (χ2v) is 4.92. The molecule has 0 aliphatic carbocycles. The van der Waals surface area contributed by atoms with Crippen LogP contribution in [-0.4, -0.2) is 5.91 Å². The van der Waals surface area contributed by atoms with Gasteiger partial charge in [-0.3, -0.25) is 4.79 Å². The Hall–Kier alpha value is -1.39. The maximum Gasteiger partial charge on any atom is 0.249 e. The fraction of sp³-hybridized carbons (Fsp3) is 0. The first kappa shape index (κ1) is 13.1. The van der Waals surface area contributed by atoms with Crippen molar-refractivity contribution in [2.45, 2.75) is 0 Å². The molecular weight excluding hydrogens is 321 g/mol. The van der Waals surface area contributed by atoms with Gasteiger partial charge >= 0.3 is 0 Å². The molecule has 0 aliphatic heterocycles. The molecule has 2 rings (SSSR count). The third-order valence-corrected chi connectivity index (χ3v) is 3.48. The first-order valence-corrected chi connectivity index (χ1v) is 6.21. The third-order valence-electron chi connectivity index (χ3n) is 2.49. The van der Waals surface area contributed by atoms with Crippen LogP contribution < -0.4 is 5.73 Å². The van der Waals surface area contributed by atoms with E-state index in [4.69, 9.17) is 17.3 Å². The number of hydrogen-bond acceptors (Lipinski definition) is 1. The molecule has 0 saturated carbocycles. The summed E-state index contributed by atoms with van der Waals surface area (Å²) in [7, 11) is 0. The SMILES string of the molecule is NC(=O)c1cc(-c2cccc(Cl)c2F)ccc1Br. The lowest BCUT2D eigenvalue weighted by atomic mass is 10.0. The van der Waals surface area contributed by atoms with Crippen LogP contribution in [0, 0.1) is 5.82 Å². The van der Waals surface area contributed by atoms with E-state index in [1.54, 1.807) is 24.3 Å². The van der Waals surface area contributed by atoms with Gasteiger partial charge in [-0.05, 0) is 39.7 Å². The summed E-state index contributed by atoms with van der Waals surface area (Å²) < 4.78 is 14.4. The molecule has 2 aromatic rings. The molecule has 0 fully saturated rings. The maximum absolute atomic E-state index is 13.9. The summed E-state index contributed by atoms with van der Waals surface area (Å²) in [5.41, 5.74) is 6.42. The molecule has 2 N–H and O–H groups in total. The number of amides is 1. The number of carbonyl (C=O) groups excluding carboxylic acids is 1. The smallest absolute Gasteiger partial charge is 0.249 e. The van der Waals surface area contributed by atoms with E-state index in [-0.39, 0.29) is 5.02 Å². The van der Waals surface area contributed by atoms with Crippen LogP contribution in [0.3, 0.4) is 0 Å². The molecule has 2 aromatic carbocycles. The molecule has 0 bridgehead atoms. The van der Waals surface area contributed by atoms with Crippen LogP contribution in [0.5, 0.6) is 0 Å². The van der Waals surface area contributed by atoms with Crippen molar-refractivity contribution >= 4 is 33.4 Å². The highest BCUT2D eigenvalue weighted by Crippen LogP contribution is 2.30. The predicted molar refractivity (Wildman–Crippen MR) is 73.1 cm³/mol. The van der Waals surface area contributed by atoms with Crippen molar-refractivity contribution in [2.75, 3.05) is 0 Å². The molecule has 0 atom stereocenters. The van der Waals surface area contributed by atoms with E-state index < -0.39 is 11.7 Å². The van der Waals surface area contributed by atoms with Crippen molar-refractivity contribution in [3.8, 4) is 11.1 Å². The average molecular weight is 329 g/mol. The standard InChI is InChI=1S/C13H8BrClFNO/c14-10-5-4-7(6-9(10)13(17)18)8-2-1-3-11(15)12(8)16/h1-6H,(H2,17,18). The van der Waals surface area contributed by atoms with Crippen LogP contribution in [0.2, 0.25) is 5.02 Å². The topological polar surface area (TPSA) is 43.1 Å². The van der Waals surface area contributed by atoms with Crippen molar-refractivity contribution in [1.82, 2.24) is 0 Å². The minimum Gasteiger partial charge on any atom is -0.366 e. The lowest BCUT2D eigenvalue weighted by Gasteiger charge is -2.07. The Bertz CT molecular complexity index is 630. The number of primary amides is 1. The third kappa shape index (κ3) is 2.40. The van der Waals surface area contributed by atoms with Crippen LogP contribution in [0.1, 0.15) is 10.4 Å². The highest BCUT2D eigenvalue weighted by Gasteiger charge is 2.12.